The molecule has 108 valence electrons. The lowest BCUT2D eigenvalue weighted by atomic mass is 10.1. The molecule has 20 heavy (non-hydrogen) atoms. The first kappa shape index (κ1) is 14.8. The molecule has 0 bridgehead atoms. The minimum atomic E-state index is -0.267. The van der Waals surface area contributed by atoms with Crippen molar-refractivity contribution in [2.75, 3.05) is 37.7 Å². The van der Waals surface area contributed by atoms with Gasteiger partial charge in [0, 0.05) is 41.9 Å². The maximum atomic E-state index is 11.6. The van der Waals surface area contributed by atoms with Crippen LogP contribution < -0.4 is 4.90 Å². The number of halogens is 1. The van der Waals surface area contributed by atoms with Crippen molar-refractivity contribution in [3.63, 3.8) is 0 Å². The van der Waals surface area contributed by atoms with Crippen LogP contribution in [0, 0.1) is 0 Å². The molecule has 0 spiro atoms. The van der Waals surface area contributed by atoms with Crippen molar-refractivity contribution in [1.82, 2.24) is 4.90 Å². The maximum absolute atomic E-state index is 11.6. The molecule has 0 radical (unpaired) electrons. The third kappa shape index (κ3) is 3.30. The Morgan fingerprint density at radius 2 is 2.05 bits per heavy atom. The molecule has 2 rings (SSSR count). The second kappa shape index (κ2) is 6.74. The Labute approximate surface area is 126 Å². The van der Waals surface area contributed by atoms with Gasteiger partial charge in [0.05, 0.1) is 6.61 Å². The summed E-state index contributed by atoms with van der Waals surface area (Å²) in [6.45, 7) is 4.77. The first-order valence-electron chi connectivity index (χ1n) is 6.57. The van der Waals surface area contributed by atoms with Gasteiger partial charge in [-0.05, 0) is 25.1 Å². The van der Waals surface area contributed by atoms with E-state index in [2.05, 4.69) is 20.8 Å². The molecule has 1 aliphatic heterocycles. The number of rotatable bonds is 3. The number of ether oxygens (including phenoxy) is 1. The van der Waals surface area contributed by atoms with E-state index >= 15 is 0 Å². The Kier molecular flexibility index (Phi) is 5.00. The van der Waals surface area contributed by atoms with Gasteiger partial charge in [-0.1, -0.05) is 15.9 Å². The zero-order chi connectivity index (χ0) is 14.5. The van der Waals surface area contributed by atoms with E-state index in [1.54, 1.807) is 17.9 Å². The van der Waals surface area contributed by atoms with Crippen molar-refractivity contribution < 1.29 is 14.3 Å². The molecule has 6 heteroatoms. The molecule has 0 aliphatic carbocycles. The summed E-state index contributed by atoms with van der Waals surface area (Å²) in [7, 11) is 0. The SMILES string of the molecule is CCOC(=O)N1CCN(c2cc(Br)ccc2C=O)CC1. The molecule has 0 N–H and O–H groups in total. The van der Waals surface area contributed by atoms with E-state index in [1.165, 1.54) is 0 Å². The average molecular weight is 341 g/mol. The fraction of sp³-hybridized carbons (Fsp3) is 0.429. The minimum absolute atomic E-state index is 0.267. The Balaban J connectivity index is 2.05. The summed E-state index contributed by atoms with van der Waals surface area (Å²) in [5, 5.41) is 0. The first-order valence-corrected chi connectivity index (χ1v) is 7.36. The standard InChI is InChI=1S/C14H17BrN2O3/c1-2-20-14(19)17-7-5-16(6-8-17)13-9-12(15)4-3-11(13)10-18/h3-4,9-10H,2,5-8H2,1H3. The molecule has 1 heterocycles. The van der Waals surface area contributed by atoms with Gasteiger partial charge in [0.15, 0.2) is 6.29 Å². The maximum Gasteiger partial charge on any atom is 0.409 e. The average Bonchev–Trinajstić information content (AvgIpc) is 2.47. The van der Waals surface area contributed by atoms with Gasteiger partial charge in [0.2, 0.25) is 0 Å². The topological polar surface area (TPSA) is 49.9 Å². The van der Waals surface area contributed by atoms with Crippen molar-refractivity contribution in [1.29, 1.82) is 0 Å². The number of nitrogens with zero attached hydrogens (tertiary/aromatic N) is 2. The van der Waals surface area contributed by atoms with Crippen LogP contribution in [0.2, 0.25) is 0 Å². The lowest BCUT2D eigenvalue weighted by molar-refractivity contribution is 0.105. The molecular formula is C14H17BrN2O3. The molecule has 5 nitrogen and oxygen atoms in total. The zero-order valence-electron chi connectivity index (χ0n) is 11.3. The highest BCUT2D eigenvalue weighted by Gasteiger charge is 2.23. The Morgan fingerprint density at radius 1 is 1.35 bits per heavy atom. The fourth-order valence-corrected chi connectivity index (χ4v) is 2.58. The predicted molar refractivity (Wildman–Crippen MR) is 80.3 cm³/mol. The lowest BCUT2D eigenvalue weighted by Crippen LogP contribution is -2.49. The van der Waals surface area contributed by atoms with Gasteiger partial charge in [-0.15, -0.1) is 0 Å². The van der Waals surface area contributed by atoms with Gasteiger partial charge < -0.3 is 14.5 Å². The number of amides is 1. The second-order valence-corrected chi connectivity index (χ2v) is 5.41. The highest BCUT2D eigenvalue weighted by Crippen LogP contribution is 2.25. The molecule has 0 aromatic heterocycles. The van der Waals surface area contributed by atoms with E-state index in [9.17, 15) is 9.59 Å². The summed E-state index contributed by atoms with van der Waals surface area (Å²) in [5.74, 6) is 0. The van der Waals surface area contributed by atoms with Crippen molar-refractivity contribution >= 4 is 34.0 Å². The van der Waals surface area contributed by atoms with Gasteiger partial charge >= 0.3 is 6.09 Å². The molecule has 1 saturated heterocycles. The van der Waals surface area contributed by atoms with Crippen LogP contribution in [-0.2, 0) is 4.74 Å². The summed E-state index contributed by atoms with van der Waals surface area (Å²) in [5.41, 5.74) is 1.57. The number of piperazine rings is 1. The van der Waals surface area contributed by atoms with E-state index in [0.29, 0.717) is 38.3 Å². The first-order chi connectivity index (χ1) is 9.65. The highest BCUT2D eigenvalue weighted by atomic mass is 79.9. The molecule has 0 unspecified atom stereocenters. The van der Waals surface area contributed by atoms with Crippen LogP contribution in [0.25, 0.3) is 0 Å². The number of benzene rings is 1. The quantitative estimate of drug-likeness (QED) is 0.793. The smallest absolute Gasteiger partial charge is 0.409 e. The number of hydrogen-bond acceptors (Lipinski definition) is 4. The van der Waals surface area contributed by atoms with Gasteiger partial charge in [-0.3, -0.25) is 4.79 Å². The summed E-state index contributed by atoms with van der Waals surface area (Å²) in [6.07, 6.45) is 0.594. The summed E-state index contributed by atoms with van der Waals surface area (Å²) in [4.78, 5) is 26.6. The van der Waals surface area contributed by atoms with E-state index in [0.717, 1.165) is 16.4 Å². The van der Waals surface area contributed by atoms with Crippen molar-refractivity contribution in [3.8, 4) is 0 Å². The third-order valence-corrected chi connectivity index (χ3v) is 3.76. The van der Waals surface area contributed by atoms with Crippen molar-refractivity contribution in [3.05, 3.63) is 28.2 Å². The van der Waals surface area contributed by atoms with Gasteiger partial charge in [0.25, 0.3) is 0 Å². The third-order valence-electron chi connectivity index (χ3n) is 3.27. The van der Waals surface area contributed by atoms with Crippen LogP contribution in [0.5, 0.6) is 0 Å². The second-order valence-electron chi connectivity index (χ2n) is 4.49. The highest BCUT2D eigenvalue weighted by molar-refractivity contribution is 9.10. The molecule has 1 amide bonds. The van der Waals surface area contributed by atoms with Crippen LogP contribution in [0.3, 0.4) is 0 Å². The number of carbonyl (C=O) groups excluding carboxylic acids is 2. The van der Waals surface area contributed by atoms with Gasteiger partial charge in [-0.25, -0.2) is 4.79 Å². The van der Waals surface area contributed by atoms with Crippen molar-refractivity contribution in [2.24, 2.45) is 0 Å². The number of carbonyl (C=O) groups is 2. The number of anilines is 1. The molecule has 0 saturated carbocycles. The molecular weight excluding hydrogens is 324 g/mol. The molecule has 1 fully saturated rings. The predicted octanol–water partition coefficient (Wildman–Crippen LogP) is 2.54. The summed E-state index contributed by atoms with van der Waals surface area (Å²) in [6, 6.07) is 5.58. The van der Waals surface area contributed by atoms with Gasteiger partial charge in [0.1, 0.15) is 0 Å². The fourth-order valence-electron chi connectivity index (χ4n) is 2.24. The van der Waals surface area contributed by atoms with Gasteiger partial charge in [-0.2, -0.15) is 0 Å². The summed E-state index contributed by atoms with van der Waals surface area (Å²) < 4.78 is 5.93. The Morgan fingerprint density at radius 3 is 2.65 bits per heavy atom. The number of hydrogen-bond donors (Lipinski definition) is 0. The van der Waals surface area contributed by atoms with E-state index in [-0.39, 0.29) is 6.09 Å². The lowest BCUT2D eigenvalue weighted by Gasteiger charge is -2.36. The van der Waals surface area contributed by atoms with Crippen LogP contribution in [-0.4, -0.2) is 50.1 Å². The van der Waals surface area contributed by atoms with Crippen molar-refractivity contribution in [2.45, 2.75) is 6.92 Å². The largest absolute Gasteiger partial charge is 0.450 e. The van der Waals surface area contributed by atoms with E-state index < -0.39 is 0 Å². The molecule has 0 atom stereocenters. The monoisotopic (exact) mass is 340 g/mol. The Bertz CT molecular complexity index is 499. The normalized spacial score (nSPS) is 15.1. The number of aldehydes is 1. The van der Waals surface area contributed by atoms with E-state index in [4.69, 9.17) is 4.74 Å². The van der Waals surface area contributed by atoms with Crippen LogP contribution in [0.15, 0.2) is 22.7 Å². The van der Waals surface area contributed by atoms with E-state index in [1.807, 2.05) is 12.1 Å². The van der Waals surface area contributed by atoms with Crippen LogP contribution >= 0.6 is 15.9 Å². The molecule has 1 aromatic carbocycles. The molecule has 1 aliphatic rings. The van der Waals surface area contributed by atoms with Crippen LogP contribution in [0.1, 0.15) is 17.3 Å². The minimum Gasteiger partial charge on any atom is -0.450 e. The summed E-state index contributed by atoms with van der Waals surface area (Å²) >= 11 is 3.42. The molecule has 1 aromatic rings. The zero-order valence-corrected chi connectivity index (χ0v) is 12.9. The van der Waals surface area contributed by atoms with Crippen LogP contribution in [0.4, 0.5) is 10.5 Å². The Hall–Kier alpha value is -1.56.